The fourth-order valence-corrected chi connectivity index (χ4v) is 8.16. The van der Waals surface area contributed by atoms with E-state index in [4.69, 9.17) is 14.2 Å². The number of allylic oxidation sites excluding steroid dienone is 6. The lowest BCUT2D eigenvalue weighted by Gasteiger charge is -2.18. The fourth-order valence-electron chi connectivity index (χ4n) is 8.16. The van der Waals surface area contributed by atoms with Gasteiger partial charge in [-0.1, -0.05) is 256 Å². The van der Waals surface area contributed by atoms with Gasteiger partial charge in [0.2, 0.25) is 0 Å². The second kappa shape index (κ2) is 53.2. The number of unbranched alkanes of at least 4 members (excludes halogenated alkanes) is 34. The smallest absolute Gasteiger partial charge is 0.306 e. The van der Waals surface area contributed by atoms with Crippen LogP contribution >= 0.6 is 0 Å². The van der Waals surface area contributed by atoms with Gasteiger partial charge in [0.1, 0.15) is 13.2 Å². The summed E-state index contributed by atoms with van der Waals surface area (Å²) in [5, 5.41) is 0. The molecule has 6 nitrogen and oxygen atoms in total. The number of carbonyl (C=O) groups is 3. The molecule has 0 N–H and O–H groups in total. The van der Waals surface area contributed by atoms with Crippen molar-refractivity contribution in [3.8, 4) is 0 Å². The van der Waals surface area contributed by atoms with E-state index in [1.807, 2.05) is 0 Å². The van der Waals surface area contributed by atoms with Crippen molar-refractivity contribution < 1.29 is 28.6 Å². The van der Waals surface area contributed by atoms with Crippen molar-refractivity contribution in [1.82, 2.24) is 0 Å². The Balaban J connectivity index is 4.28. The standard InChI is InChI=1S/C58H106O6/c1-4-7-10-13-16-19-21-23-25-27-29-31-32-34-36-39-42-45-48-51-57(60)63-54-55(53-62-56(59)50-47-44-41-38-18-15-12-9-6-3)64-58(61)52-49-46-43-40-37-35-33-30-28-26-24-22-20-17-14-11-8-5-2/h16,19,23,25,29,31,55H,4-15,17-18,20-22,24,26-28,30,32-54H2,1-3H3/b19-16-,25-23-,31-29-. The van der Waals surface area contributed by atoms with Crippen LogP contribution in [0, 0.1) is 0 Å². The Morgan fingerprint density at radius 3 is 0.906 bits per heavy atom. The molecule has 1 unspecified atom stereocenters. The molecule has 0 bridgehead atoms. The first-order valence-corrected chi connectivity index (χ1v) is 28.0. The number of esters is 3. The summed E-state index contributed by atoms with van der Waals surface area (Å²) in [5.74, 6) is -0.872. The van der Waals surface area contributed by atoms with Gasteiger partial charge in [0.05, 0.1) is 0 Å². The molecule has 0 saturated heterocycles. The highest BCUT2D eigenvalue weighted by Gasteiger charge is 2.19. The normalized spacial score (nSPS) is 12.2. The van der Waals surface area contributed by atoms with E-state index < -0.39 is 6.10 Å². The van der Waals surface area contributed by atoms with Crippen molar-refractivity contribution in [3.05, 3.63) is 36.5 Å². The highest BCUT2D eigenvalue weighted by Crippen LogP contribution is 2.16. The highest BCUT2D eigenvalue weighted by molar-refractivity contribution is 5.71. The van der Waals surface area contributed by atoms with Gasteiger partial charge in [-0.15, -0.1) is 0 Å². The van der Waals surface area contributed by atoms with E-state index in [2.05, 4.69) is 57.2 Å². The van der Waals surface area contributed by atoms with Gasteiger partial charge in [0, 0.05) is 19.3 Å². The summed E-state index contributed by atoms with van der Waals surface area (Å²) < 4.78 is 16.8. The molecule has 6 heteroatoms. The number of carbonyl (C=O) groups excluding carboxylic acids is 3. The van der Waals surface area contributed by atoms with Crippen LogP contribution in [-0.4, -0.2) is 37.2 Å². The van der Waals surface area contributed by atoms with Gasteiger partial charge in [-0.3, -0.25) is 14.4 Å². The van der Waals surface area contributed by atoms with Gasteiger partial charge in [-0.05, 0) is 57.8 Å². The van der Waals surface area contributed by atoms with Crippen molar-refractivity contribution in [2.45, 2.75) is 303 Å². The second-order valence-electron chi connectivity index (χ2n) is 18.9. The monoisotopic (exact) mass is 899 g/mol. The first kappa shape index (κ1) is 61.6. The maximum absolute atomic E-state index is 12.8. The molecule has 0 aliphatic heterocycles. The van der Waals surface area contributed by atoms with E-state index in [0.29, 0.717) is 19.3 Å². The fraction of sp³-hybridized carbons (Fsp3) is 0.845. The number of hydrogen-bond acceptors (Lipinski definition) is 6. The van der Waals surface area contributed by atoms with Gasteiger partial charge >= 0.3 is 17.9 Å². The number of rotatable bonds is 51. The zero-order valence-electron chi connectivity index (χ0n) is 42.8. The zero-order chi connectivity index (χ0) is 46.5. The highest BCUT2D eigenvalue weighted by atomic mass is 16.6. The molecule has 0 aromatic heterocycles. The summed E-state index contributed by atoms with van der Waals surface area (Å²) in [6, 6.07) is 0. The molecule has 0 aromatic rings. The molecular formula is C58H106O6. The Kier molecular flexibility index (Phi) is 51.3. The summed E-state index contributed by atoms with van der Waals surface area (Å²) in [4.78, 5) is 38.0. The van der Waals surface area contributed by atoms with Gasteiger partial charge in [0.15, 0.2) is 6.10 Å². The molecule has 1 atom stereocenters. The van der Waals surface area contributed by atoms with E-state index in [-0.39, 0.29) is 31.1 Å². The molecule has 0 aliphatic carbocycles. The Morgan fingerprint density at radius 2 is 0.562 bits per heavy atom. The van der Waals surface area contributed by atoms with Crippen molar-refractivity contribution >= 4 is 17.9 Å². The molecule has 0 aliphatic rings. The molecule has 0 heterocycles. The molecule has 374 valence electrons. The molecule has 64 heavy (non-hydrogen) atoms. The van der Waals surface area contributed by atoms with Gasteiger partial charge in [-0.2, -0.15) is 0 Å². The third-order valence-corrected chi connectivity index (χ3v) is 12.4. The molecule has 0 radical (unpaired) electrons. The minimum Gasteiger partial charge on any atom is -0.462 e. The van der Waals surface area contributed by atoms with Gasteiger partial charge in [-0.25, -0.2) is 0 Å². The lowest BCUT2D eigenvalue weighted by atomic mass is 10.0. The largest absolute Gasteiger partial charge is 0.462 e. The van der Waals surface area contributed by atoms with Crippen LogP contribution in [0.3, 0.4) is 0 Å². The maximum Gasteiger partial charge on any atom is 0.306 e. The third kappa shape index (κ3) is 50.6. The Hall–Kier alpha value is -2.37. The average molecular weight is 899 g/mol. The van der Waals surface area contributed by atoms with Crippen LogP contribution in [0.5, 0.6) is 0 Å². The van der Waals surface area contributed by atoms with E-state index in [0.717, 1.165) is 77.0 Å². The summed E-state index contributed by atoms with van der Waals surface area (Å²) >= 11 is 0. The minimum atomic E-state index is -0.772. The van der Waals surface area contributed by atoms with Crippen LogP contribution in [0.4, 0.5) is 0 Å². The first-order chi connectivity index (χ1) is 31.5. The zero-order valence-corrected chi connectivity index (χ0v) is 42.8. The molecule has 0 spiro atoms. The van der Waals surface area contributed by atoms with Crippen LogP contribution in [0.1, 0.15) is 297 Å². The Morgan fingerprint density at radius 1 is 0.312 bits per heavy atom. The first-order valence-electron chi connectivity index (χ1n) is 28.0. The van der Waals surface area contributed by atoms with Crippen LogP contribution in [0.25, 0.3) is 0 Å². The summed E-state index contributed by atoms with van der Waals surface area (Å²) in [6.45, 7) is 6.62. The topological polar surface area (TPSA) is 78.9 Å². The van der Waals surface area contributed by atoms with Gasteiger partial charge < -0.3 is 14.2 Å². The van der Waals surface area contributed by atoms with Crippen molar-refractivity contribution in [3.63, 3.8) is 0 Å². The van der Waals surface area contributed by atoms with E-state index in [9.17, 15) is 14.4 Å². The minimum absolute atomic E-state index is 0.0723. The Labute approximate surface area is 397 Å². The SMILES string of the molecule is CCCCC/C=C\C/C=C\C/C=C\CCCCCCCCC(=O)OCC(COC(=O)CCCCCCCCCCC)OC(=O)CCCCCCCCCCCCCCCCCCCC. The maximum atomic E-state index is 12.8. The van der Waals surface area contributed by atoms with Gasteiger partial charge in [0.25, 0.3) is 0 Å². The molecule has 0 amide bonds. The average Bonchev–Trinajstić information content (AvgIpc) is 3.29. The van der Waals surface area contributed by atoms with E-state index >= 15 is 0 Å². The predicted octanol–water partition coefficient (Wildman–Crippen LogP) is 18.5. The number of ether oxygens (including phenoxy) is 3. The van der Waals surface area contributed by atoms with Crippen molar-refractivity contribution in [2.75, 3.05) is 13.2 Å². The van der Waals surface area contributed by atoms with E-state index in [1.54, 1.807) is 0 Å². The number of hydrogen-bond donors (Lipinski definition) is 0. The van der Waals surface area contributed by atoms with Crippen LogP contribution in [0.2, 0.25) is 0 Å². The molecule has 0 aromatic carbocycles. The molecule has 0 fully saturated rings. The second-order valence-corrected chi connectivity index (χ2v) is 18.9. The lowest BCUT2D eigenvalue weighted by Crippen LogP contribution is -2.30. The Bertz CT molecular complexity index is 1080. The summed E-state index contributed by atoms with van der Waals surface area (Å²) in [7, 11) is 0. The van der Waals surface area contributed by atoms with E-state index in [1.165, 1.54) is 180 Å². The van der Waals surface area contributed by atoms with Crippen LogP contribution in [-0.2, 0) is 28.6 Å². The molecular weight excluding hydrogens is 793 g/mol. The van der Waals surface area contributed by atoms with Crippen LogP contribution < -0.4 is 0 Å². The lowest BCUT2D eigenvalue weighted by molar-refractivity contribution is -0.167. The third-order valence-electron chi connectivity index (χ3n) is 12.4. The quantitative estimate of drug-likeness (QED) is 0.0262. The van der Waals surface area contributed by atoms with Crippen molar-refractivity contribution in [1.29, 1.82) is 0 Å². The van der Waals surface area contributed by atoms with Crippen molar-refractivity contribution in [2.24, 2.45) is 0 Å². The summed E-state index contributed by atoms with van der Waals surface area (Å²) in [5.41, 5.74) is 0. The molecule has 0 rings (SSSR count). The molecule has 0 saturated carbocycles. The summed E-state index contributed by atoms with van der Waals surface area (Å²) in [6.07, 6.45) is 62.8. The van der Waals surface area contributed by atoms with Crippen LogP contribution in [0.15, 0.2) is 36.5 Å². The predicted molar refractivity (Wildman–Crippen MR) is 275 cm³/mol.